The van der Waals surface area contributed by atoms with Gasteiger partial charge in [-0.05, 0) is 17.7 Å². The molecule has 4 nitrogen and oxygen atoms in total. The molecule has 0 aromatic heterocycles. The first kappa shape index (κ1) is 12.5. The van der Waals surface area contributed by atoms with Crippen LogP contribution in [0, 0.1) is 0 Å². The zero-order valence-electron chi connectivity index (χ0n) is 9.66. The van der Waals surface area contributed by atoms with Gasteiger partial charge in [-0.15, -0.1) is 0 Å². The molecule has 0 unspecified atom stereocenters. The Morgan fingerprint density at radius 3 is 2.88 bits per heavy atom. The predicted molar refractivity (Wildman–Crippen MR) is 61.6 cm³/mol. The molecule has 1 N–H and O–H groups in total. The maximum atomic E-state index is 11.5. The van der Waals surface area contributed by atoms with Gasteiger partial charge in [-0.2, -0.15) is 0 Å². The van der Waals surface area contributed by atoms with Crippen molar-refractivity contribution in [3.05, 3.63) is 29.8 Å². The molecule has 1 rings (SSSR count). The molecular weight excluding hydrogens is 206 g/mol. The Hall–Kier alpha value is -1.55. The summed E-state index contributed by atoms with van der Waals surface area (Å²) in [5.41, 5.74) is 0.939. The quantitative estimate of drug-likeness (QED) is 0.732. The lowest BCUT2D eigenvalue weighted by Gasteiger charge is -2.05. The Bertz CT molecular complexity index is 339. The molecule has 4 heteroatoms. The molecular formula is C12H17NO3. The highest BCUT2D eigenvalue weighted by molar-refractivity contribution is 5.78. The highest BCUT2D eigenvalue weighted by Crippen LogP contribution is 2.12. The van der Waals surface area contributed by atoms with Gasteiger partial charge in [0.15, 0.2) is 0 Å². The number of carbonyl (C=O) groups is 1. The molecule has 0 aliphatic rings. The number of carbonyl (C=O) groups excluding carboxylic acids is 1. The molecule has 0 radical (unpaired) electrons. The first-order chi connectivity index (χ1) is 7.76. The first-order valence-corrected chi connectivity index (χ1v) is 5.15. The average Bonchev–Trinajstić information content (AvgIpc) is 2.29. The van der Waals surface area contributed by atoms with Gasteiger partial charge in [-0.25, -0.2) is 0 Å². The second-order valence-corrected chi connectivity index (χ2v) is 3.37. The monoisotopic (exact) mass is 223 g/mol. The van der Waals surface area contributed by atoms with Crippen LogP contribution in [0.3, 0.4) is 0 Å². The smallest absolute Gasteiger partial charge is 0.224 e. The number of ether oxygens (including phenoxy) is 2. The van der Waals surface area contributed by atoms with Gasteiger partial charge in [0.25, 0.3) is 0 Å². The van der Waals surface area contributed by atoms with Gasteiger partial charge in [-0.3, -0.25) is 4.79 Å². The molecule has 0 bridgehead atoms. The largest absolute Gasteiger partial charge is 0.497 e. The fourth-order valence-electron chi connectivity index (χ4n) is 1.32. The van der Waals surface area contributed by atoms with Gasteiger partial charge < -0.3 is 14.8 Å². The van der Waals surface area contributed by atoms with Crippen LogP contribution in [0.5, 0.6) is 5.75 Å². The van der Waals surface area contributed by atoms with Crippen LogP contribution in [0.1, 0.15) is 5.56 Å². The summed E-state index contributed by atoms with van der Waals surface area (Å²) < 4.78 is 9.93. The van der Waals surface area contributed by atoms with Gasteiger partial charge >= 0.3 is 0 Å². The zero-order valence-corrected chi connectivity index (χ0v) is 9.66. The molecule has 0 atom stereocenters. The minimum Gasteiger partial charge on any atom is -0.497 e. The van der Waals surface area contributed by atoms with Crippen LogP contribution >= 0.6 is 0 Å². The number of nitrogens with one attached hydrogen (secondary N) is 1. The number of rotatable bonds is 6. The van der Waals surface area contributed by atoms with Crippen molar-refractivity contribution in [2.24, 2.45) is 0 Å². The summed E-state index contributed by atoms with van der Waals surface area (Å²) >= 11 is 0. The number of amides is 1. The molecule has 1 aromatic rings. The highest BCUT2D eigenvalue weighted by atomic mass is 16.5. The molecule has 0 aliphatic heterocycles. The van der Waals surface area contributed by atoms with Crippen LogP contribution in [0.2, 0.25) is 0 Å². The number of methoxy groups -OCH3 is 2. The Morgan fingerprint density at radius 2 is 2.19 bits per heavy atom. The molecule has 0 aliphatic carbocycles. The van der Waals surface area contributed by atoms with Crippen molar-refractivity contribution in [1.29, 1.82) is 0 Å². The molecule has 0 saturated heterocycles. The van der Waals surface area contributed by atoms with E-state index in [4.69, 9.17) is 9.47 Å². The Kier molecular flexibility index (Phi) is 5.36. The summed E-state index contributed by atoms with van der Waals surface area (Å²) in [6.45, 7) is 1.07. The van der Waals surface area contributed by atoms with Crippen LogP contribution in [-0.4, -0.2) is 33.3 Å². The molecule has 0 fully saturated rings. The van der Waals surface area contributed by atoms with E-state index in [0.717, 1.165) is 11.3 Å². The van der Waals surface area contributed by atoms with Crippen molar-refractivity contribution in [2.45, 2.75) is 6.42 Å². The third-order valence-corrected chi connectivity index (χ3v) is 2.13. The highest BCUT2D eigenvalue weighted by Gasteiger charge is 2.03. The topological polar surface area (TPSA) is 47.6 Å². The number of hydrogen-bond acceptors (Lipinski definition) is 3. The van der Waals surface area contributed by atoms with Crippen LogP contribution in [-0.2, 0) is 16.0 Å². The normalized spacial score (nSPS) is 9.88. The fraction of sp³-hybridized carbons (Fsp3) is 0.417. The lowest BCUT2D eigenvalue weighted by molar-refractivity contribution is -0.120. The van der Waals surface area contributed by atoms with E-state index in [1.807, 2.05) is 24.3 Å². The van der Waals surface area contributed by atoms with Crippen molar-refractivity contribution in [3.63, 3.8) is 0 Å². The van der Waals surface area contributed by atoms with E-state index in [-0.39, 0.29) is 5.91 Å². The summed E-state index contributed by atoms with van der Waals surface area (Å²) in [5.74, 6) is 0.757. The van der Waals surface area contributed by atoms with Gasteiger partial charge in [0.2, 0.25) is 5.91 Å². The average molecular weight is 223 g/mol. The van der Waals surface area contributed by atoms with Gasteiger partial charge in [-0.1, -0.05) is 12.1 Å². The fourth-order valence-corrected chi connectivity index (χ4v) is 1.32. The van der Waals surface area contributed by atoms with E-state index < -0.39 is 0 Å². The van der Waals surface area contributed by atoms with Crippen molar-refractivity contribution in [1.82, 2.24) is 5.32 Å². The second-order valence-electron chi connectivity index (χ2n) is 3.37. The predicted octanol–water partition coefficient (Wildman–Crippen LogP) is 1.00. The third kappa shape index (κ3) is 4.31. The van der Waals surface area contributed by atoms with Crippen LogP contribution in [0.25, 0.3) is 0 Å². The second kappa shape index (κ2) is 6.85. The summed E-state index contributed by atoms with van der Waals surface area (Å²) in [5, 5.41) is 2.76. The van der Waals surface area contributed by atoms with E-state index in [9.17, 15) is 4.79 Å². The van der Waals surface area contributed by atoms with Gasteiger partial charge in [0.1, 0.15) is 5.75 Å². The molecule has 88 valence electrons. The van der Waals surface area contributed by atoms with E-state index >= 15 is 0 Å². The van der Waals surface area contributed by atoms with Crippen molar-refractivity contribution in [2.75, 3.05) is 27.4 Å². The zero-order chi connectivity index (χ0) is 11.8. The molecule has 1 amide bonds. The van der Waals surface area contributed by atoms with Crippen LogP contribution < -0.4 is 10.1 Å². The lowest BCUT2D eigenvalue weighted by atomic mass is 10.1. The minimum atomic E-state index is -0.00898. The lowest BCUT2D eigenvalue weighted by Crippen LogP contribution is -2.28. The molecule has 1 aromatic carbocycles. The molecule has 0 saturated carbocycles. The summed E-state index contributed by atoms with van der Waals surface area (Å²) in [7, 11) is 3.21. The first-order valence-electron chi connectivity index (χ1n) is 5.15. The van der Waals surface area contributed by atoms with E-state index in [1.165, 1.54) is 0 Å². The minimum absolute atomic E-state index is 0.00898. The Labute approximate surface area is 95.6 Å². The van der Waals surface area contributed by atoms with Crippen molar-refractivity contribution >= 4 is 5.91 Å². The maximum absolute atomic E-state index is 11.5. The molecule has 0 heterocycles. The SMILES string of the molecule is COCCNC(=O)Cc1cccc(OC)c1. The molecule has 16 heavy (non-hydrogen) atoms. The number of hydrogen-bond donors (Lipinski definition) is 1. The van der Waals surface area contributed by atoms with Crippen molar-refractivity contribution in [3.8, 4) is 5.75 Å². The van der Waals surface area contributed by atoms with Gasteiger partial charge in [0.05, 0.1) is 20.1 Å². The van der Waals surface area contributed by atoms with Gasteiger partial charge in [0, 0.05) is 13.7 Å². The van der Waals surface area contributed by atoms with Crippen LogP contribution in [0.15, 0.2) is 24.3 Å². The number of benzene rings is 1. The Balaban J connectivity index is 2.43. The van der Waals surface area contributed by atoms with Crippen LogP contribution in [0.4, 0.5) is 0 Å². The maximum Gasteiger partial charge on any atom is 0.224 e. The van der Waals surface area contributed by atoms with E-state index in [0.29, 0.717) is 19.6 Å². The van der Waals surface area contributed by atoms with E-state index in [2.05, 4.69) is 5.32 Å². The summed E-state index contributed by atoms with van der Waals surface area (Å²) in [6.07, 6.45) is 0.362. The Morgan fingerprint density at radius 1 is 1.38 bits per heavy atom. The summed E-state index contributed by atoms with van der Waals surface area (Å²) in [6, 6.07) is 7.48. The van der Waals surface area contributed by atoms with E-state index in [1.54, 1.807) is 14.2 Å². The van der Waals surface area contributed by atoms with Crippen molar-refractivity contribution < 1.29 is 14.3 Å². The third-order valence-electron chi connectivity index (χ3n) is 2.13. The molecule has 0 spiro atoms. The standard InChI is InChI=1S/C12H17NO3/c1-15-7-6-13-12(14)9-10-4-3-5-11(8-10)16-2/h3-5,8H,6-7,9H2,1-2H3,(H,13,14). The summed E-state index contributed by atoms with van der Waals surface area (Å²) in [4.78, 5) is 11.5.